The van der Waals surface area contributed by atoms with Crippen molar-refractivity contribution in [2.24, 2.45) is 14.1 Å². The van der Waals surface area contributed by atoms with Crippen LogP contribution in [-0.2, 0) is 14.1 Å². The molecule has 0 aliphatic carbocycles. The van der Waals surface area contributed by atoms with Crippen molar-refractivity contribution in [1.82, 2.24) is 33.9 Å². The van der Waals surface area contributed by atoms with Crippen LogP contribution in [0.2, 0.25) is 0 Å². The van der Waals surface area contributed by atoms with Crippen LogP contribution in [0.1, 0.15) is 24.4 Å². The number of rotatable bonds is 4. The Hall–Kier alpha value is -3.14. The summed E-state index contributed by atoms with van der Waals surface area (Å²) in [5.41, 5.74) is 5.07. The summed E-state index contributed by atoms with van der Waals surface area (Å²) in [7, 11) is 3.66. The van der Waals surface area contributed by atoms with Crippen LogP contribution in [0.15, 0.2) is 35.6 Å². The zero-order valence-electron chi connectivity index (χ0n) is 17.7. The van der Waals surface area contributed by atoms with E-state index in [0.29, 0.717) is 11.6 Å². The number of imidazole rings is 1. The summed E-state index contributed by atoms with van der Waals surface area (Å²) < 4.78 is 5.24. The summed E-state index contributed by atoms with van der Waals surface area (Å²) in [6, 6.07) is 2.19. The Morgan fingerprint density at radius 3 is 2.65 bits per heavy atom. The van der Waals surface area contributed by atoms with Gasteiger partial charge < -0.3 is 5.32 Å². The summed E-state index contributed by atoms with van der Waals surface area (Å²) in [4.78, 5) is 26.6. The van der Waals surface area contributed by atoms with Gasteiger partial charge >= 0.3 is 5.69 Å². The Bertz CT molecular complexity index is 1310. The van der Waals surface area contributed by atoms with Gasteiger partial charge in [0.25, 0.3) is 0 Å². The Labute approximate surface area is 183 Å². The van der Waals surface area contributed by atoms with E-state index in [1.54, 1.807) is 34.9 Å². The molecule has 1 aliphatic rings. The van der Waals surface area contributed by atoms with Gasteiger partial charge in [-0.25, -0.2) is 9.78 Å². The zero-order valence-corrected chi connectivity index (χ0v) is 18.6. The lowest BCUT2D eigenvalue weighted by Gasteiger charge is -2.22. The van der Waals surface area contributed by atoms with Crippen molar-refractivity contribution in [3.05, 3.63) is 46.9 Å². The normalized spacial score (nSPS) is 14.9. The molecule has 1 fully saturated rings. The number of anilines is 2. The Morgan fingerprint density at radius 1 is 1.13 bits per heavy atom. The van der Waals surface area contributed by atoms with Crippen LogP contribution in [0, 0.1) is 6.92 Å². The van der Waals surface area contributed by atoms with Crippen molar-refractivity contribution < 1.29 is 0 Å². The van der Waals surface area contributed by atoms with Crippen LogP contribution < -0.4 is 11.0 Å². The lowest BCUT2D eigenvalue weighted by atomic mass is 10.1. The minimum atomic E-state index is -0.0305. The molecule has 0 spiro atoms. The average Bonchev–Trinajstić information content (AvgIpc) is 3.31. The predicted octanol–water partition coefficient (Wildman–Crippen LogP) is 3.05. The van der Waals surface area contributed by atoms with E-state index in [0.717, 1.165) is 52.4 Å². The molecule has 0 bridgehead atoms. The smallest absolute Gasteiger partial charge is 0.323 e. The second kappa shape index (κ2) is 7.84. The van der Waals surface area contributed by atoms with E-state index >= 15 is 0 Å². The first-order valence-corrected chi connectivity index (χ1v) is 11.4. The highest BCUT2D eigenvalue weighted by Gasteiger charge is 2.23. The molecule has 160 valence electrons. The molecule has 1 N–H and O–H groups in total. The number of hydrogen-bond donors (Lipinski definition) is 1. The van der Waals surface area contributed by atoms with Gasteiger partial charge in [0.05, 0.1) is 30.0 Å². The second-order valence-electron chi connectivity index (χ2n) is 7.87. The van der Waals surface area contributed by atoms with E-state index in [1.165, 1.54) is 0 Å². The van der Waals surface area contributed by atoms with E-state index in [9.17, 15) is 4.79 Å². The lowest BCUT2D eigenvalue weighted by molar-refractivity contribution is 0.461. The lowest BCUT2D eigenvalue weighted by Crippen LogP contribution is -2.28. The van der Waals surface area contributed by atoms with Crippen LogP contribution >= 0.6 is 11.8 Å². The molecule has 1 aliphatic heterocycles. The maximum Gasteiger partial charge on any atom is 0.330 e. The standard InChI is InChI=1S/C21H24N8OS/c1-13-8-16(14-9-24-27(2)12-14)22-10-17(13)25-20-23-11-18-19(26-20)29(21(30)28(18)3)15-4-6-31-7-5-15/h8-12,15H,4-7H2,1-3H3,(H,23,25,26). The number of thioether (sulfide) groups is 1. The number of nitrogens with one attached hydrogen (secondary N) is 1. The minimum absolute atomic E-state index is 0.0305. The summed E-state index contributed by atoms with van der Waals surface area (Å²) in [5.74, 6) is 2.59. The molecular formula is C21H24N8OS. The fourth-order valence-electron chi connectivity index (χ4n) is 3.99. The van der Waals surface area contributed by atoms with Crippen molar-refractivity contribution in [1.29, 1.82) is 0 Å². The van der Waals surface area contributed by atoms with Crippen molar-refractivity contribution in [3.63, 3.8) is 0 Å². The van der Waals surface area contributed by atoms with E-state index in [-0.39, 0.29) is 11.7 Å². The largest absolute Gasteiger partial charge is 0.330 e. The molecule has 0 amide bonds. The minimum Gasteiger partial charge on any atom is -0.323 e. The van der Waals surface area contributed by atoms with Gasteiger partial charge in [-0.2, -0.15) is 21.8 Å². The first kappa shape index (κ1) is 19.8. The summed E-state index contributed by atoms with van der Waals surface area (Å²) >= 11 is 1.94. The predicted molar refractivity (Wildman–Crippen MR) is 123 cm³/mol. The maximum atomic E-state index is 12.9. The van der Waals surface area contributed by atoms with E-state index in [4.69, 9.17) is 4.98 Å². The molecule has 0 unspecified atom stereocenters. The second-order valence-corrected chi connectivity index (χ2v) is 9.09. The van der Waals surface area contributed by atoms with E-state index < -0.39 is 0 Å². The summed E-state index contributed by atoms with van der Waals surface area (Å²) in [5, 5.41) is 7.48. The summed E-state index contributed by atoms with van der Waals surface area (Å²) in [6.45, 7) is 2.01. The number of pyridine rings is 1. The van der Waals surface area contributed by atoms with Crippen LogP contribution in [0.3, 0.4) is 0 Å². The van der Waals surface area contributed by atoms with Gasteiger partial charge in [0, 0.05) is 31.9 Å². The SMILES string of the molecule is Cc1cc(-c2cnn(C)c2)ncc1Nc1ncc2c(n1)n(C1CCSCC1)c(=O)n2C. The average molecular weight is 437 g/mol. The summed E-state index contributed by atoms with van der Waals surface area (Å²) in [6.07, 6.45) is 9.19. The molecule has 10 heteroatoms. The number of fused-ring (bicyclic) bond motifs is 1. The molecule has 5 heterocycles. The third kappa shape index (κ3) is 3.60. The number of nitrogens with zero attached hydrogens (tertiary/aromatic N) is 7. The molecule has 0 aromatic carbocycles. The van der Waals surface area contributed by atoms with Crippen molar-refractivity contribution in [3.8, 4) is 11.3 Å². The van der Waals surface area contributed by atoms with Crippen molar-refractivity contribution in [2.45, 2.75) is 25.8 Å². The molecule has 0 radical (unpaired) electrons. The van der Waals surface area contributed by atoms with Gasteiger partial charge in [0.2, 0.25) is 5.95 Å². The Kier molecular flexibility index (Phi) is 5.01. The topological polar surface area (TPSA) is 95.5 Å². The molecule has 0 saturated carbocycles. The third-order valence-corrected chi connectivity index (χ3v) is 6.80. The fourth-order valence-corrected chi connectivity index (χ4v) is 5.07. The zero-order chi connectivity index (χ0) is 21.5. The Morgan fingerprint density at radius 2 is 1.94 bits per heavy atom. The molecular weight excluding hydrogens is 412 g/mol. The molecule has 5 rings (SSSR count). The van der Waals surface area contributed by atoms with Gasteiger partial charge in [0.1, 0.15) is 5.52 Å². The first-order valence-electron chi connectivity index (χ1n) is 10.3. The highest BCUT2D eigenvalue weighted by molar-refractivity contribution is 7.99. The van der Waals surface area contributed by atoms with Gasteiger partial charge in [-0.3, -0.25) is 18.8 Å². The van der Waals surface area contributed by atoms with E-state index in [2.05, 4.69) is 20.4 Å². The first-order chi connectivity index (χ1) is 15.0. The number of hydrogen-bond acceptors (Lipinski definition) is 7. The number of aromatic nitrogens is 7. The van der Waals surface area contributed by atoms with Crippen molar-refractivity contribution in [2.75, 3.05) is 16.8 Å². The van der Waals surface area contributed by atoms with Crippen molar-refractivity contribution >= 4 is 34.6 Å². The number of aryl methyl sites for hydroxylation is 3. The molecule has 1 saturated heterocycles. The van der Waals surface area contributed by atoms with Crippen LogP contribution in [-0.4, -0.2) is 45.4 Å². The molecule has 4 aromatic rings. The fraction of sp³-hybridized carbons (Fsp3) is 0.381. The van der Waals surface area contributed by atoms with Gasteiger partial charge in [0.15, 0.2) is 5.65 Å². The van der Waals surface area contributed by atoms with E-state index in [1.807, 2.05) is 42.6 Å². The maximum absolute atomic E-state index is 12.9. The highest BCUT2D eigenvalue weighted by atomic mass is 32.2. The monoisotopic (exact) mass is 436 g/mol. The highest BCUT2D eigenvalue weighted by Crippen LogP contribution is 2.29. The van der Waals surface area contributed by atoms with Gasteiger partial charge in [-0.1, -0.05) is 0 Å². The molecule has 9 nitrogen and oxygen atoms in total. The molecule has 4 aromatic heterocycles. The third-order valence-electron chi connectivity index (χ3n) is 5.75. The molecule has 31 heavy (non-hydrogen) atoms. The Balaban J connectivity index is 1.49. The van der Waals surface area contributed by atoms with Crippen LogP contribution in [0.4, 0.5) is 11.6 Å². The van der Waals surface area contributed by atoms with Gasteiger partial charge in [-0.15, -0.1) is 0 Å². The van der Waals surface area contributed by atoms with Gasteiger partial charge in [-0.05, 0) is 42.9 Å². The quantitative estimate of drug-likeness (QED) is 0.525. The molecule has 0 atom stereocenters. The van der Waals surface area contributed by atoms with Crippen LogP contribution in [0.25, 0.3) is 22.4 Å². The van der Waals surface area contributed by atoms with Crippen LogP contribution in [0.5, 0.6) is 0 Å².